The number of esters is 1. The maximum atomic E-state index is 12.7. The Morgan fingerprint density at radius 1 is 1.18 bits per heavy atom. The van der Waals surface area contributed by atoms with Crippen LogP contribution in [-0.4, -0.2) is 40.9 Å². The number of ether oxygens (including phenoxy) is 1. The summed E-state index contributed by atoms with van der Waals surface area (Å²) in [6.07, 6.45) is 0.727. The van der Waals surface area contributed by atoms with Crippen molar-refractivity contribution in [3.05, 3.63) is 81.0 Å². The number of allylic oxidation sites excluding steroid dienone is 1. The van der Waals surface area contributed by atoms with Gasteiger partial charge in [-0.05, 0) is 44.0 Å². The molecule has 178 valence electrons. The molecule has 0 bridgehead atoms. The maximum Gasteiger partial charge on any atom is 0.338 e. The first-order valence-electron chi connectivity index (χ1n) is 10.9. The Balaban J connectivity index is 1.85. The largest absolute Gasteiger partial charge is 0.463 e. The number of carbonyl (C=O) groups excluding carboxylic acids is 3. The number of non-ortho nitro benzene ring substituents is 1. The van der Waals surface area contributed by atoms with Gasteiger partial charge in [-0.25, -0.2) is 9.59 Å². The van der Waals surface area contributed by atoms with Crippen molar-refractivity contribution in [2.24, 2.45) is 0 Å². The van der Waals surface area contributed by atoms with Gasteiger partial charge >= 0.3 is 12.0 Å². The first kappa shape index (κ1) is 24.4. The minimum atomic E-state index is -0.707. The van der Waals surface area contributed by atoms with Gasteiger partial charge in [-0.15, -0.1) is 0 Å². The molecule has 0 spiro atoms. The standard InChI is InChI=1S/C24H26N4O6/c1-4-13-27-15(3)20(23(30)34-5-2)21(26-24(27)31)16-9-11-18(12-10-16)25-22(29)17-7-6-8-19(14-17)28(32)33/h6-12,14,21H,4-5,13H2,1-3H3,(H,25,29)(H,26,31). The molecule has 0 saturated carbocycles. The molecule has 3 amide bonds. The molecule has 1 aliphatic rings. The van der Waals surface area contributed by atoms with Crippen LogP contribution in [-0.2, 0) is 9.53 Å². The van der Waals surface area contributed by atoms with Crippen LogP contribution in [0.25, 0.3) is 0 Å². The van der Waals surface area contributed by atoms with E-state index in [0.717, 1.165) is 6.42 Å². The summed E-state index contributed by atoms with van der Waals surface area (Å²) < 4.78 is 5.24. The summed E-state index contributed by atoms with van der Waals surface area (Å²) in [5.41, 5.74) is 1.95. The summed E-state index contributed by atoms with van der Waals surface area (Å²) in [5.74, 6) is -1.00. The summed E-state index contributed by atoms with van der Waals surface area (Å²) in [7, 11) is 0. The highest BCUT2D eigenvalue weighted by Gasteiger charge is 2.36. The fraction of sp³-hybridized carbons (Fsp3) is 0.292. The molecule has 1 unspecified atom stereocenters. The van der Waals surface area contributed by atoms with Gasteiger partial charge in [0.05, 0.1) is 23.1 Å². The van der Waals surface area contributed by atoms with Crippen molar-refractivity contribution in [1.82, 2.24) is 10.2 Å². The van der Waals surface area contributed by atoms with Crippen molar-refractivity contribution in [3.63, 3.8) is 0 Å². The van der Waals surface area contributed by atoms with Gasteiger partial charge in [-0.3, -0.25) is 19.8 Å². The molecule has 2 aromatic rings. The third-order valence-corrected chi connectivity index (χ3v) is 5.36. The van der Waals surface area contributed by atoms with Crippen LogP contribution >= 0.6 is 0 Å². The Hall–Kier alpha value is -4.21. The number of anilines is 1. The Bertz CT molecular complexity index is 1140. The SMILES string of the molecule is CCCN1C(=O)NC(c2ccc(NC(=O)c3cccc([N+](=O)[O-])c3)cc2)C(C(=O)OCC)=C1C. The molecule has 0 aromatic heterocycles. The van der Waals surface area contributed by atoms with Crippen LogP contribution in [0.5, 0.6) is 0 Å². The molecular formula is C24H26N4O6. The predicted octanol–water partition coefficient (Wildman–Crippen LogP) is 4.16. The molecule has 0 fully saturated rings. The van der Waals surface area contributed by atoms with Gasteiger partial charge in [0, 0.05) is 35.6 Å². The lowest BCUT2D eigenvalue weighted by atomic mass is 9.94. The average Bonchev–Trinajstić information content (AvgIpc) is 2.82. The van der Waals surface area contributed by atoms with Crippen LogP contribution in [0.3, 0.4) is 0 Å². The van der Waals surface area contributed by atoms with E-state index in [2.05, 4.69) is 10.6 Å². The average molecular weight is 466 g/mol. The van der Waals surface area contributed by atoms with Crippen molar-refractivity contribution in [3.8, 4) is 0 Å². The van der Waals surface area contributed by atoms with E-state index in [1.54, 1.807) is 38.1 Å². The van der Waals surface area contributed by atoms with Crippen LogP contribution in [0.15, 0.2) is 59.8 Å². The van der Waals surface area contributed by atoms with E-state index < -0.39 is 22.8 Å². The normalized spacial score (nSPS) is 15.6. The van der Waals surface area contributed by atoms with E-state index in [-0.39, 0.29) is 23.9 Å². The first-order chi connectivity index (χ1) is 16.3. The first-order valence-corrected chi connectivity index (χ1v) is 10.9. The number of benzene rings is 2. The number of nitro benzene ring substituents is 1. The monoisotopic (exact) mass is 466 g/mol. The van der Waals surface area contributed by atoms with Crippen LogP contribution in [0.4, 0.5) is 16.2 Å². The number of nitro groups is 1. The van der Waals surface area contributed by atoms with Gasteiger partial charge in [-0.1, -0.05) is 25.1 Å². The van der Waals surface area contributed by atoms with Crippen LogP contribution in [0.1, 0.15) is 49.2 Å². The van der Waals surface area contributed by atoms with Gasteiger partial charge in [0.15, 0.2) is 0 Å². The molecule has 0 saturated heterocycles. The zero-order chi connectivity index (χ0) is 24.8. The van der Waals surface area contributed by atoms with Gasteiger partial charge in [0.2, 0.25) is 0 Å². The molecular weight excluding hydrogens is 440 g/mol. The Morgan fingerprint density at radius 2 is 1.88 bits per heavy atom. The molecule has 10 heteroatoms. The number of hydrogen-bond acceptors (Lipinski definition) is 6. The fourth-order valence-electron chi connectivity index (χ4n) is 3.72. The molecule has 34 heavy (non-hydrogen) atoms. The second kappa shape index (κ2) is 10.6. The van der Waals surface area contributed by atoms with Crippen LogP contribution in [0.2, 0.25) is 0 Å². The summed E-state index contributed by atoms with van der Waals surface area (Å²) >= 11 is 0. The Kier molecular flexibility index (Phi) is 7.62. The quantitative estimate of drug-likeness (QED) is 0.341. The predicted molar refractivity (Wildman–Crippen MR) is 125 cm³/mol. The van der Waals surface area contributed by atoms with Gasteiger partial charge in [0.25, 0.3) is 11.6 Å². The number of nitrogens with one attached hydrogen (secondary N) is 2. The maximum absolute atomic E-state index is 12.7. The zero-order valence-electron chi connectivity index (χ0n) is 19.2. The second-order valence-corrected chi connectivity index (χ2v) is 7.64. The lowest BCUT2D eigenvalue weighted by Gasteiger charge is -2.35. The fourth-order valence-corrected chi connectivity index (χ4v) is 3.72. The highest BCUT2D eigenvalue weighted by Crippen LogP contribution is 2.32. The number of hydrogen-bond donors (Lipinski definition) is 2. The van der Waals surface area contributed by atoms with Crippen molar-refractivity contribution in [2.45, 2.75) is 33.2 Å². The minimum Gasteiger partial charge on any atom is -0.463 e. The van der Waals surface area contributed by atoms with Crippen LogP contribution in [0, 0.1) is 10.1 Å². The van der Waals surface area contributed by atoms with Gasteiger partial charge in [-0.2, -0.15) is 0 Å². The van der Waals surface area contributed by atoms with Crippen molar-refractivity contribution < 1.29 is 24.0 Å². The third-order valence-electron chi connectivity index (χ3n) is 5.36. The zero-order valence-corrected chi connectivity index (χ0v) is 19.2. The number of rotatable bonds is 8. The van der Waals surface area contributed by atoms with Crippen LogP contribution < -0.4 is 10.6 Å². The highest BCUT2D eigenvalue weighted by molar-refractivity contribution is 6.04. The van der Waals surface area contributed by atoms with Gasteiger partial charge < -0.3 is 15.4 Å². The molecule has 0 radical (unpaired) electrons. The van der Waals surface area contributed by atoms with E-state index in [1.807, 2.05) is 6.92 Å². The lowest BCUT2D eigenvalue weighted by molar-refractivity contribution is -0.384. The molecule has 2 N–H and O–H groups in total. The summed E-state index contributed by atoms with van der Waals surface area (Å²) in [4.78, 5) is 49.8. The number of carbonyl (C=O) groups is 3. The molecule has 1 atom stereocenters. The summed E-state index contributed by atoms with van der Waals surface area (Å²) in [5, 5.41) is 16.5. The number of amides is 3. The minimum absolute atomic E-state index is 0.150. The molecule has 10 nitrogen and oxygen atoms in total. The van der Waals surface area contributed by atoms with E-state index in [4.69, 9.17) is 4.74 Å². The second-order valence-electron chi connectivity index (χ2n) is 7.64. The summed E-state index contributed by atoms with van der Waals surface area (Å²) in [6.45, 7) is 6.05. The number of nitrogens with zero attached hydrogens (tertiary/aromatic N) is 2. The van der Waals surface area contributed by atoms with E-state index >= 15 is 0 Å². The Morgan fingerprint density at radius 3 is 2.50 bits per heavy atom. The smallest absolute Gasteiger partial charge is 0.338 e. The topological polar surface area (TPSA) is 131 Å². The molecule has 0 aliphatic carbocycles. The van der Waals surface area contributed by atoms with E-state index in [0.29, 0.717) is 29.1 Å². The van der Waals surface area contributed by atoms with Crippen molar-refractivity contribution >= 4 is 29.3 Å². The third kappa shape index (κ3) is 5.22. The molecule has 1 aliphatic heterocycles. The van der Waals surface area contributed by atoms with Gasteiger partial charge in [0.1, 0.15) is 0 Å². The highest BCUT2D eigenvalue weighted by atomic mass is 16.6. The van der Waals surface area contributed by atoms with E-state index in [1.165, 1.54) is 29.2 Å². The van der Waals surface area contributed by atoms with Crippen molar-refractivity contribution in [1.29, 1.82) is 0 Å². The van der Waals surface area contributed by atoms with E-state index in [9.17, 15) is 24.5 Å². The van der Waals surface area contributed by atoms with Crippen molar-refractivity contribution in [2.75, 3.05) is 18.5 Å². The summed E-state index contributed by atoms with van der Waals surface area (Å²) in [6, 6.07) is 11.1. The molecule has 3 rings (SSSR count). The Labute approximate surface area is 196 Å². The molecule has 2 aromatic carbocycles. The lowest BCUT2D eigenvalue weighted by Crippen LogP contribution is -2.48. The number of urea groups is 1. The molecule has 1 heterocycles.